The molecule has 1 heterocycles. The second kappa shape index (κ2) is 8.60. The van der Waals surface area contributed by atoms with Crippen molar-refractivity contribution in [2.75, 3.05) is 18.0 Å². The van der Waals surface area contributed by atoms with Crippen LogP contribution < -0.4 is 10.2 Å². The Labute approximate surface area is 163 Å². The highest BCUT2D eigenvalue weighted by Crippen LogP contribution is 2.24. The van der Waals surface area contributed by atoms with Crippen molar-refractivity contribution in [3.8, 4) is 0 Å². The molecule has 3 heteroatoms. The maximum absolute atomic E-state index is 12.5. The number of nitrogens with one attached hydrogen (secondary N) is 1. The Balaban J connectivity index is 1.58. The molecule has 1 amide bonds. The molecular formula is C24H32N2O. The Morgan fingerprint density at radius 3 is 2.59 bits per heavy atom. The van der Waals surface area contributed by atoms with E-state index in [1.165, 1.54) is 29.7 Å². The average molecular weight is 365 g/mol. The molecule has 0 saturated carbocycles. The summed E-state index contributed by atoms with van der Waals surface area (Å²) < 4.78 is 0. The Hall–Kier alpha value is -2.29. The van der Waals surface area contributed by atoms with Crippen LogP contribution in [0.5, 0.6) is 0 Å². The molecule has 0 radical (unpaired) electrons. The number of hydrogen-bond acceptors (Lipinski definition) is 2. The van der Waals surface area contributed by atoms with Crippen LogP contribution in [0.1, 0.15) is 55.0 Å². The van der Waals surface area contributed by atoms with Crippen LogP contribution in [0.25, 0.3) is 0 Å². The normalized spacial score (nSPS) is 18.2. The fourth-order valence-electron chi connectivity index (χ4n) is 3.99. The van der Waals surface area contributed by atoms with E-state index >= 15 is 0 Å². The van der Waals surface area contributed by atoms with Crippen LogP contribution in [0.2, 0.25) is 0 Å². The highest BCUT2D eigenvalue weighted by molar-refractivity contribution is 5.79. The Morgan fingerprint density at radius 1 is 1.19 bits per heavy atom. The van der Waals surface area contributed by atoms with Gasteiger partial charge in [0, 0.05) is 18.8 Å². The van der Waals surface area contributed by atoms with E-state index in [0.717, 1.165) is 30.1 Å². The first-order chi connectivity index (χ1) is 12.9. The third-order valence-corrected chi connectivity index (χ3v) is 5.64. The van der Waals surface area contributed by atoms with E-state index in [4.69, 9.17) is 0 Å². The van der Waals surface area contributed by atoms with Crippen molar-refractivity contribution in [1.29, 1.82) is 0 Å². The molecule has 0 spiro atoms. The molecule has 1 aliphatic heterocycles. The lowest BCUT2D eigenvalue weighted by Crippen LogP contribution is -2.34. The molecular weight excluding hydrogens is 332 g/mol. The lowest BCUT2D eigenvalue weighted by molar-refractivity contribution is -0.121. The molecule has 2 aromatic carbocycles. The number of hydrogen-bond donors (Lipinski definition) is 1. The van der Waals surface area contributed by atoms with E-state index in [1.807, 2.05) is 0 Å². The fourth-order valence-corrected chi connectivity index (χ4v) is 3.99. The van der Waals surface area contributed by atoms with Gasteiger partial charge < -0.3 is 10.2 Å². The zero-order valence-corrected chi connectivity index (χ0v) is 17.1. The maximum Gasteiger partial charge on any atom is 0.224 e. The molecule has 1 N–H and O–H groups in total. The Kier molecular flexibility index (Phi) is 6.20. The molecule has 0 aromatic heterocycles. The number of carbonyl (C=O) groups excluding carboxylic acids is 1. The van der Waals surface area contributed by atoms with Crippen molar-refractivity contribution in [3.05, 3.63) is 64.7 Å². The summed E-state index contributed by atoms with van der Waals surface area (Å²) in [6.07, 6.45) is 3.03. The van der Waals surface area contributed by atoms with Gasteiger partial charge in [0.1, 0.15) is 0 Å². The third kappa shape index (κ3) is 5.12. The standard InChI is InChI=1S/C24H32N2O/c1-17-7-8-22(19(3)14-17)15-24(27)25-20(4)21-9-11-23(12-10-21)26-13-5-6-18(2)16-26/h7-12,14,18,20H,5-6,13,15-16H2,1-4H3,(H,25,27)/t18-,20-/m0/s1. The first kappa shape index (κ1) is 19.5. The summed E-state index contributed by atoms with van der Waals surface area (Å²) in [6, 6.07) is 15.0. The smallest absolute Gasteiger partial charge is 0.224 e. The lowest BCUT2D eigenvalue weighted by atomic mass is 9.99. The number of nitrogens with zero attached hydrogens (tertiary/aromatic N) is 1. The van der Waals surface area contributed by atoms with Gasteiger partial charge in [-0.3, -0.25) is 4.79 Å². The van der Waals surface area contributed by atoms with Crippen LogP contribution in [0, 0.1) is 19.8 Å². The minimum Gasteiger partial charge on any atom is -0.371 e. The van der Waals surface area contributed by atoms with Crippen LogP contribution in [0.3, 0.4) is 0 Å². The van der Waals surface area contributed by atoms with E-state index in [9.17, 15) is 4.79 Å². The minimum atomic E-state index is 0.0117. The van der Waals surface area contributed by atoms with Gasteiger partial charge >= 0.3 is 0 Å². The van der Waals surface area contributed by atoms with Crippen LogP contribution >= 0.6 is 0 Å². The third-order valence-electron chi connectivity index (χ3n) is 5.64. The molecule has 2 aromatic rings. The summed E-state index contributed by atoms with van der Waals surface area (Å²) >= 11 is 0. The maximum atomic E-state index is 12.5. The predicted octanol–water partition coefficient (Wildman–Crippen LogP) is 4.96. The number of benzene rings is 2. The van der Waals surface area contributed by atoms with E-state index in [2.05, 4.69) is 80.4 Å². The van der Waals surface area contributed by atoms with Gasteiger partial charge in [-0.1, -0.05) is 42.8 Å². The first-order valence-corrected chi connectivity index (χ1v) is 10.1. The van der Waals surface area contributed by atoms with Crippen molar-refractivity contribution in [2.45, 2.75) is 53.0 Å². The molecule has 3 nitrogen and oxygen atoms in total. The highest BCUT2D eigenvalue weighted by Gasteiger charge is 2.17. The van der Waals surface area contributed by atoms with E-state index in [0.29, 0.717) is 6.42 Å². The van der Waals surface area contributed by atoms with Gasteiger partial charge in [-0.15, -0.1) is 0 Å². The fraction of sp³-hybridized carbons (Fsp3) is 0.458. The number of amides is 1. The first-order valence-electron chi connectivity index (χ1n) is 10.1. The van der Waals surface area contributed by atoms with Gasteiger partial charge in [0.25, 0.3) is 0 Å². The second-order valence-corrected chi connectivity index (χ2v) is 8.18. The van der Waals surface area contributed by atoms with Crippen molar-refractivity contribution in [3.63, 3.8) is 0 Å². The molecule has 0 unspecified atom stereocenters. The summed E-state index contributed by atoms with van der Waals surface area (Å²) in [5.41, 5.74) is 5.95. The molecule has 1 saturated heterocycles. The van der Waals surface area contributed by atoms with Crippen LogP contribution in [-0.4, -0.2) is 19.0 Å². The van der Waals surface area contributed by atoms with E-state index in [1.54, 1.807) is 0 Å². The Bertz CT molecular complexity index is 781. The molecule has 0 aliphatic carbocycles. The molecule has 144 valence electrons. The predicted molar refractivity (Wildman–Crippen MR) is 113 cm³/mol. The molecule has 1 fully saturated rings. The highest BCUT2D eigenvalue weighted by atomic mass is 16.1. The molecule has 2 atom stereocenters. The van der Waals surface area contributed by atoms with Gasteiger partial charge in [0.05, 0.1) is 12.5 Å². The molecule has 27 heavy (non-hydrogen) atoms. The zero-order chi connectivity index (χ0) is 19.4. The molecule has 1 aliphatic rings. The van der Waals surface area contributed by atoms with Gasteiger partial charge in [-0.05, 0) is 68.4 Å². The summed E-state index contributed by atoms with van der Waals surface area (Å²) in [5, 5.41) is 3.14. The molecule has 0 bridgehead atoms. The van der Waals surface area contributed by atoms with Crippen LogP contribution in [-0.2, 0) is 11.2 Å². The summed E-state index contributed by atoms with van der Waals surface area (Å²) in [6.45, 7) is 10.8. The van der Waals surface area contributed by atoms with Crippen molar-refractivity contribution in [1.82, 2.24) is 5.32 Å². The van der Waals surface area contributed by atoms with E-state index < -0.39 is 0 Å². The summed E-state index contributed by atoms with van der Waals surface area (Å²) in [7, 11) is 0. The topological polar surface area (TPSA) is 32.3 Å². The summed E-state index contributed by atoms with van der Waals surface area (Å²) in [5.74, 6) is 0.838. The SMILES string of the molecule is Cc1ccc(CC(=O)N[C@@H](C)c2ccc(N3CCC[C@H](C)C3)cc2)c(C)c1. The quantitative estimate of drug-likeness (QED) is 0.813. The van der Waals surface area contributed by atoms with Crippen LogP contribution in [0.4, 0.5) is 5.69 Å². The van der Waals surface area contributed by atoms with Crippen molar-refractivity contribution < 1.29 is 4.79 Å². The number of anilines is 1. The number of piperidine rings is 1. The lowest BCUT2D eigenvalue weighted by Gasteiger charge is -2.33. The van der Waals surface area contributed by atoms with Crippen molar-refractivity contribution in [2.24, 2.45) is 5.92 Å². The number of rotatable bonds is 5. The average Bonchev–Trinajstić information content (AvgIpc) is 2.64. The molecule has 3 rings (SSSR count). The number of carbonyl (C=O) groups is 1. The van der Waals surface area contributed by atoms with Gasteiger partial charge in [-0.2, -0.15) is 0 Å². The number of aryl methyl sites for hydroxylation is 2. The summed E-state index contributed by atoms with van der Waals surface area (Å²) in [4.78, 5) is 14.9. The second-order valence-electron chi connectivity index (χ2n) is 8.18. The van der Waals surface area contributed by atoms with Crippen LogP contribution in [0.15, 0.2) is 42.5 Å². The van der Waals surface area contributed by atoms with Crippen molar-refractivity contribution >= 4 is 11.6 Å². The van der Waals surface area contributed by atoms with Gasteiger partial charge in [0.2, 0.25) is 5.91 Å². The van der Waals surface area contributed by atoms with Gasteiger partial charge in [-0.25, -0.2) is 0 Å². The van der Waals surface area contributed by atoms with Gasteiger partial charge in [0.15, 0.2) is 0 Å². The minimum absolute atomic E-state index is 0.0117. The largest absolute Gasteiger partial charge is 0.371 e. The van der Waals surface area contributed by atoms with E-state index in [-0.39, 0.29) is 11.9 Å². The Morgan fingerprint density at radius 2 is 1.93 bits per heavy atom. The zero-order valence-electron chi connectivity index (χ0n) is 17.1. The monoisotopic (exact) mass is 364 g/mol.